The van der Waals surface area contributed by atoms with E-state index in [4.69, 9.17) is 11.1 Å². The zero-order valence-electron chi connectivity index (χ0n) is 18.8. The van der Waals surface area contributed by atoms with E-state index < -0.39 is 6.04 Å². The van der Waals surface area contributed by atoms with Gasteiger partial charge in [-0.25, -0.2) is 0 Å². The molecule has 33 heavy (non-hydrogen) atoms. The third-order valence-electron chi connectivity index (χ3n) is 5.26. The van der Waals surface area contributed by atoms with Crippen LogP contribution in [0, 0.1) is 11.3 Å². The predicted molar refractivity (Wildman–Crippen MR) is 135 cm³/mol. The van der Waals surface area contributed by atoms with Gasteiger partial charge in [0.2, 0.25) is 11.8 Å². The number of rotatable bonds is 10. The summed E-state index contributed by atoms with van der Waals surface area (Å²) in [4.78, 5) is 28.4. The molecule has 0 bridgehead atoms. The van der Waals surface area contributed by atoms with Gasteiger partial charge in [-0.1, -0.05) is 44.2 Å². The van der Waals surface area contributed by atoms with Crippen LogP contribution in [0.3, 0.4) is 0 Å². The maximum atomic E-state index is 12.7. The lowest BCUT2D eigenvalue weighted by Gasteiger charge is -2.22. The molecule has 0 aliphatic heterocycles. The lowest BCUT2D eigenvalue weighted by Crippen LogP contribution is -2.51. The van der Waals surface area contributed by atoms with Gasteiger partial charge in [-0.2, -0.15) is 0 Å². The zero-order chi connectivity index (χ0) is 23.1. The number of aromatic amines is 1. The predicted octanol–water partition coefficient (Wildman–Crippen LogP) is 2.79. The van der Waals surface area contributed by atoms with Crippen LogP contribution in [0.1, 0.15) is 25.0 Å². The summed E-state index contributed by atoms with van der Waals surface area (Å²) in [6, 6.07) is 14.4. The molecule has 176 valence electrons. The van der Waals surface area contributed by atoms with Crippen molar-refractivity contribution in [2.45, 2.75) is 26.3 Å². The van der Waals surface area contributed by atoms with Gasteiger partial charge < -0.3 is 26.7 Å². The van der Waals surface area contributed by atoms with Gasteiger partial charge in [0, 0.05) is 34.9 Å². The highest BCUT2D eigenvalue weighted by Crippen LogP contribution is 2.17. The fraction of sp³-hybridized carbons (Fsp3) is 0.292. The molecule has 1 atom stereocenters. The average molecular weight is 471 g/mol. The van der Waals surface area contributed by atoms with Gasteiger partial charge in [0.05, 0.1) is 6.54 Å². The van der Waals surface area contributed by atoms with E-state index >= 15 is 0 Å². The van der Waals surface area contributed by atoms with Crippen molar-refractivity contribution in [3.05, 3.63) is 65.9 Å². The zero-order valence-corrected chi connectivity index (χ0v) is 19.6. The Morgan fingerprint density at radius 2 is 1.88 bits per heavy atom. The van der Waals surface area contributed by atoms with Crippen LogP contribution in [0.4, 0.5) is 5.69 Å². The minimum atomic E-state index is -0.629. The number of benzene rings is 2. The number of anilines is 1. The van der Waals surface area contributed by atoms with Crippen LogP contribution in [-0.4, -0.2) is 41.8 Å². The first-order valence-electron chi connectivity index (χ1n) is 10.7. The minimum absolute atomic E-state index is 0. The number of H-pyrrole nitrogens is 1. The number of carbonyl (C=O) groups excluding carboxylic acids is 2. The molecular weight excluding hydrogens is 440 g/mol. The van der Waals surface area contributed by atoms with Crippen molar-refractivity contribution < 1.29 is 9.59 Å². The second-order valence-electron chi connectivity index (χ2n) is 8.04. The molecule has 8 nitrogen and oxygen atoms in total. The summed E-state index contributed by atoms with van der Waals surface area (Å²) in [7, 11) is 0. The number of nitrogens with one attached hydrogen (secondary N) is 5. The van der Waals surface area contributed by atoms with Crippen molar-refractivity contribution in [1.82, 2.24) is 15.6 Å². The minimum Gasteiger partial charge on any atom is -0.384 e. The van der Waals surface area contributed by atoms with Gasteiger partial charge in [-0.05, 0) is 36.1 Å². The van der Waals surface area contributed by atoms with Crippen molar-refractivity contribution in [3.8, 4) is 0 Å². The van der Waals surface area contributed by atoms with Crippen LogP contribution in [0.2, 0.25) is 0 Å². The number of halogens is 1. The monoisotopic (exact) mass is 470 g/mol. The van der Waals surface area contributed by atoms with Crippen molar-refractivity contribution in [2.24, 2.45) is 11.7 Å². The second-order valence-corrected chi connectivity index (χ2v) is 8.04. The maximum Gasteiger partial charge on any atom is 0.242 e. The quantitative estimate of drug-likeness (QED) is 0.200. The summed E-state index contributed by atoms with van der Waals surface area (Å²) in [5.41, 5.74) is 8.96. The van der Waals surface area contributed by atoms with E-state index in [0.717, 1.165) is 16.5 Å². The van der Waals surface area contributed by atoms with Gasteiger partial charge in [0.15, 0.2) is 0 Å². The molecule has 3 rings (SSSR count). The number of hydrogen-bond donors (Lipinski definition) is 6. The molecular formula is C24H31ClN6O2. The molecule has 2 amide bonds. The molecule has 2 aromatic carbocycles. The molecule has 0 spiro atoms. The van der Waals surface area contributed by atoms with Crippen LogP contribution >= 0.6 is 12.4 Å². The molecule has 0 saturated carbocycles. The Kier molecular flexibility index (Phi) is 9.30. The lowest BCUT2D eigenvalue weighted by molar-refractivity contribution is -0.129. The fourth-order valence-electron chi connectivity index (χ4n) is 3.51. The van der Waals surface area contributed by atoms with Gasteiger partial charge in [0.25, 0.3) is 0 Å². The highest BCUT2D eigenvalue weighted by molar-refractivity contribution is 5.96. The van der Waals surface area contributed by atoms with Crippen LogP contribution in [-0.2, 0) is 16.0 Å². The van der Waals surface area contributed by atoms with Crippen molar-refractivity contribution in [3.63, 3.8) is 0 Å². The smallest absolute Gasteiger partial charge is 0.242 e. The highest BCUT2D eigenvalue weighted by Gasteiger charge is 2.23. The Morgan fingerprint density at radius 3 is 2.61 bits per heavy atom. The van der Waals surface area contributed by atoms with E-state index in [1.807, 2.05) is 38.2 Å². The first kappa shape index (κ1) is 25.7. The Labute approximate surface area is 199 Å². The number of aromatic nitrogens is 1. The van der Waals surface area contributed by atoms with Gasteiger partial charge in [-0.3, -0.25) is 15.0 Å². The topological polar surface area (TPSA) is 136 Å². The van der Waals surface area contributed by atoms with Gasteiger partial charge in [0.1, 0.15) is 11.9 Å². The van der Waals surface area contributed by atoms with Gasteiger partial charge in [-0.15, -0.1) is 12.4 Å². The molecule has 3 aromatic rings. The summed E-state index contributed by atoms with van der Waals surface area (Å²) in [5, 5.41) is 17.4. The summed E-state index contributed by atoms with van der Waals surface area (Å²) in [6.45, 7) is 4.28. The molecule has 0 radical (unpaired) electrons. The van der Waals surface area contributed by atoms with Crippen LogP contribution < -0.4 is 21.7 Å². The number of para-hydroxylation sites is 1. The first-order valence-corrected chi connectivity index (χ1v) is 10.7. The number of fused-ring (bicyclic) bond motifs is 1. The Morgan fingerprint density at radius 1 is 1.12 bits per heavy atom. The number of amides is 2. The van der Waals surface area contributed by atoms with E-state index in [0.29, 0.717) is 24.2 Å². The fourth-order valence-corrected chi connectivity index (χ4v) is 3.51. The van der Waals surface area contributed by atoms with E-state index in [9.17, 15) is 9.59 Å². The molecule has 0 fully saturated rings. The average Bonchev–Trinajstić information content (AvgIpc) is 3.19. The Bertz CT molecular complexity index is 1110. The van der Waals surface area contributed by atoms with E-state index in [1.54, 1.807) is 24.3 Å². The standard InChI is InChI=1S/C24H30N6O2.ClH/c1-15(2)22(30-21(31)14-28-18-7-5-6-16(12-18)23(25)26)24(32)27-11-10-17-13-29-20-9-4-3-8-19(17)20;/h3-9,12-13,15,22,28-29H,10-11,14H2,1-2H3,(H3,25,26)(H,27,32)(H,30,31);1H. The summed E-state index contributed by atoms with van der Waals surface area (Å²) < 4.78 is 0. The lowest BCUT2D eigenvalue weighted by atomic mass is 10.0. The summed E-state index contributed by atoms with van der Waals surface area (Å²) >= 11 is 0. The molecule has 0 saturated heterocycles. The van der Waals surface area contributed by atoms with E-state index in [-0.39, 0.29) is 42.5 Å². The van der Waals surface area contributed by atoms with Crippen LogP contribution in [0.15, 0.2) is 54.7 Å². The number of nitrogens with two attached hydrogens (primary N) is 1. The third kappa shape index (κ3) is 6.98. The van der Waals surface area contributed by atoms with Gasteiger partial charge >= 0.3 is 0 Å². The molecule has 0 aliphatic rings. The maximum absolute atomic E-state index is 12.7. The largest absolute Gasteiger partial charge is 0.384 e. The third-order valence-corrected chi connectivity index (χ3v) is 5.26. The highest BCUT2D eigenvalue weighted by atomic mass is 35.5. The van der Waals surface area contributed by atoms with E-state index in [2.05, 4.69) is 27.0 Å². The summed E-state index contributed by atoms with van der Waals surface area (Å²) in [5.74, 6) is -0.592. The molecule has 1 unspecified atom stereocenters. The van der Waals surface area contributed by atoms with Crippen molar-refractivity contribution >= 4 is 46.6 Å². The van der Waals surface area contributed by atoms with Crippen LogP contribution in [0.5, 0.6) is 0 Å². The number of hydrogen-bond acceptors (Lipinski definition) is 4. The summed E-state index contributed by atoms with van der Waals surface area (Å²) in [6.07, 6.45) is 2.66. The molecule has 1 aromatic heterocycles. The second kappa shape index (κ2) is 11.9. The molecule has 7 N–H and O–H groups in total. The van der Waals surface area contributed by atoms with Crippen LogP contribution in [0.25, 0.3) is 10.9 Å². The molecule has 1 heterocycles. The number of amidine groups is 1. The molecule has 9 heteroatoms. The number of nitrogen functional groups attached to an aromatic ring is 1. The normalized spacial score (nSPS) is 11.5. The number of carbonyl (C=O) groups is 2. The molecule has 0 aliphatic carbocycles. The Balaban J connectivity index is 0.00000385. The Hall–Kier alpha value is -3.52. The first-order chi connectivity index (χ1) is 15.3. The van der Waals surface area contributed by atoms with Crippen molar-refractivity contribution in [2.75, 3.05) is 18.4 Å². The van der Waals surface area contributed by atoms with E-state index in [1.165, 1.54) is 0 Å². The SMILES string of the molecule is CC(C)C(NC(=O)CNc1cccc(C(=N)N)c1)C(=O)NCCc1c[nH]c2ccccc12.Cl. The van der Waals surface area contributed by atoms with Crippen molar-refractivity contribution in [1.29, 1.82) is 5.41 Å².